The van der Waals surface area contributed by atoms with Gasteiger partial charge in [0.15, 0.2) is 0 Å². The monoisotopic (exact) mass is 426 g/mol. The first-order chi connectivity index (χ1) is 13.7. The lowest BCUT2D eigenvalue weighted by Gasteiger charge is -2.23. The predicted molar refractivity (Wildman–Crippen MR) is 108 cm³/mol. The molecular formula is C20H27ClN2O6. The molecule has 1 aliphatic heterocycles. The van der Waals surface area contributed by atoms with Crippen molar-refractivity contribution in [3.05, 3.63) is 17.2 Å². The Morgan fingerprint density at radius 2 is 1.90 bits per heavy atom. The molecule has 0 aromatic heterocycles. The molecule has 1 aromatic carbocycles. The van der Waals surface area contributed by atoms with E-state index in [2.05, 4.69) is 5.32 Å². The highest BCUT2D eigenvalue weighted by atomic mass is 35.5. The van der Waals surface area contributed by atoms with E-state index < -0.39 is 17.9 Å². The minimum absolute atomic E-state index is 0.0201. The van der Waals surface area contributed by atoms with Gasteiger partial charge in [-0.1, -0.05) is 25.4 Å². The van der Waals surface area contributed by atoms with Crippen LogP contribution in [0.25, 0.3) is 0 Å². The lowest BCUT2D eigenvalue weighted by molar-refractivity contribution is -0.149. The van der Waals surface area contributed by atoms with Crippen LogP contribution in [0.5, 0.6) is 11.5 Å². The van der Waals surface area contributed by atoms with Crippen LogP contribution < -0.4 is 19.7 Å². The lowest BCUT2D eigenvalue weighted by atomic mass is 10.0. The van der Waals surface area contributed by atoms with Gasteiger partial charge in [0.25, 0.3) is 0 Å². The number of nitrogens with zero attached hydrogens (tertiary/aromatic N) is 1. The van der Waals surface area contributed by atoms with Crippen molar-refractivity contribution in [1.82, 2.24) is 5.32 Å². The molecular weight excluding hydrogens is 400 g/mol. The fourth-order valence-electron chi connectivity index (χ4n) is 3.17. The fraction of sp³-hybridized carbons (Fsp3) is 0.550. The molecule has 1 fully saturated rings. The van der Waals surface area contributed by atoms with Crippen LogP contribution in [0.3, 0.4) is 0 Å². The minimum atomic E-state index is -0.767. The van der Waals surface area contributed by atoms with Crippen molar-refractivity contribution in [2.24, 2.45) is 11.8 Å². The molecule has 8 nitrogen and oxygen atoms in total. The van der Waals surface area contributed by atoms with Crippen molar-refractivity contribution >= 4 is 35.1 Å². The van der Waals surface area contributed by atoms with Crippen LogP contribution in [0, 0.1) is 11.8 Å². The number of benzene rings is 1. The summed E-state index contributed by atoms with van der Waals surface area (Å²) in [5.74, 6) is -1.01. The zero-order chi connectivity index (χ0) is 21.7. The summed E-state index contributed by atoms with van der Waals surface area (Å²) in [5, 5.41) is 3.05. The number of carbonyl (C=O) groups is 3. The standard InChI is InChI=1S/C20H27ClN2O6/c1-6-29-20(26)18(11(2)3)22-19(25)12-7-17(24)23(10-12)14-8-13(21)15(27-4)9-16(14)28-5/h8-9,11-12,18H,6-7,10H2,1-5H3,(H,22,25)/t12-,18+/m1/s1. The van der Waals surface area contributed by atoms with E-state index in [-0.39, 0.29) is 37.3 Å². The smallest absolute Gasteiger partial charge is 0.328 e. The lowest BCUT2D eigenvalue weighted by Crippen LogP contribution is -2.47. The molecule has 29 heavy (non-hydrogen) atoms. The molecule has 0 saturated carbocycles. The number of methoxy groups -OCH3 is 2. The van der Waals surface area contributed by atoms with E-state index >= 15 is 0 Å². The molecule has 0 bridgehead atoms. The highest BCUT2D eigenvalue weighted by molar-refractivity contribution is 6.32. The predicted octanol–water partition coefficient (Wildman–Crippen LogP) is 2.41. The summed E-state index contributed by atoms with van der Waals surface area (Å²) in [7, 11) is 2.96. The molecule has 2 atom stereocenters. The van der Waals surface area contributed by atoms with Crippen molar-refractivity contribution in [1.29, 1.82) is 0 Å². The maximum atomic E-state index is 12.7. The summed E-state index contributed by atoms with van der Waals surface area (Å²) in [6.07, 6.45) is 0.0201. The maximum Gasteiger partial charge on any atom is 0.328 e. The van der Waals surface area contributed by atoms with Gasteiger partial charge in [-0.3, -0.25) is 9.59 Å². The van der Waals surface area contributed by atoms with Crippen molar-refractivity contribution in [2.45, 2.75) is 33.2 Å². The van der Waals surface area contributed by atoms with E-state index in [1.807, 2.05) is 13.8 Å². The quantitative estimate of drug-likeness (QED) is 0.641. The summed E-state index contributed by atoms with van der Waals surface area (Å²) in [5.41, 5.74) is 0.462. The molecule has 1 aromatic rings. The van der Waals surface area contributed by atoms with Gasteiger partial charge in [0.05, 0.1) is 37.5 Å². The Bertz CT molecular complexity index is 782. The summed E-state index contributed by atoms with van der Waals surface area (Å²) >= 11 is 6.20. The first kappa shape index (κ1) is 22.8. The van der Waals surface area contributed by atoms with E-state index in [9.17, 15) is 14.4 Å². The van der Waals surface area contributed by atoms with Crippen molar-refractivity contribution < 1.29 is 28.6 Å². The molecule has 0 aliphatic carbocycles. The largest absolute Gasteiger partial charge is 0.495 e. The van der Waals surface area contributed by atoms with E-state index in [1.165, 1.54) is 19.1 Å². The molecule has 0 spiro atoms. The molecule has 160 valence electrons. The van der Waals surface area contributed by atoms with Crippen LogP contribution in [0.2, 0.25) is 5.02 Å². The van der Waals surface area contributed by atoms with Crippen LogP contribution in [0.4, 0.5) is 5.69 Å². The number of carbonyl (C=O) groups excluding carboxylic acids is 3. The third kappa shape index (κ3) is 5.12. The topological polar surface area (TPSA) is 94.2 Å². The Balaban J connectivity index is 2.19. The normalized spacial score (nSPS) is 17.3. The van der Waals surface area contributed by atoms with Gasteiger partial charge in [-0.15, -0.1) is 0 Å². The van der Waals surface area contributed by atoms with Crippen LogP contribution in [-0.2, 0) is 19.1 Å². The Labute approximate surface area is 175 Å². The second kappa shape index (κ2) is 9.82. The molecule has 1 heterocycles. The molecule has 9 heteroatoms. The van der Waals surface area contributed by atoms with Crippen LogP contribution in [0.1, 0.15) is 27.2 Å². The summed E-state index contributed by atoms with van der Waals surface area (Å²) in [4.78, 5) is 38.9. The molecule has 1 N–H and O–H groups in total. The Kier molecular flexibility index (Phi) is 7.73. The highest BCUT2D eigenvalue weighted by Gasteiger charge is 2.38. The second-order valence-corrected chi connectivity index (χ2v) is 7.45. The summed E-state index contributed by atoms with van der Waals surface area (Å²) in [6, 6.07) is 2.40. The Morgan fingerprint density at radius 3 is 2.45 bits per heavy atom. The van der Waals surface area contributed by atoms with Gasteiger partial charge >= 0.3 is 5.97 Å². The van der Waals surface area contributed by atoms with E-state index in [0.29, 0.717) is 22.2 Å². The molecule has 2 rings (SSSR count). The number of hydrogen-bond acceptors (Lipinski definition) is 6. The Hall–Kier alpha value is -2.48. The minimum Gasteiger partial charge on any atom is -0.495 e. The third-order valence-electron chi connectivity index (χ3n) is 4.74. The molecule has 2 amide bonds. The number of nitrogens with one attached hydrogen (secondary N) is 1. The molecule has 1 saturated heterocycles. The van der Waals surface area contributed by atoms with Gasteiger partial charge in [-0.2, -0.15) is 0 Å². The van der Waals surface area contributed by atoms with Gasteiger partial charge in [0.1, 0.15) is 17.5 Å². The number of esters is 1. The van der Waals surface area contributed by atoms with Crippen molar-refractivity contribution in [3.63, 3.8) is 0 Å². The molecule has 1 aliphatic rings. The van der Waals surface area contributed by atoms with Gasteiger partial charge in [-0.05, 0) is 18.9 Å². The van der Waals surface area contributed by atoms with Crippen LogP contribution in [0.15, 0.2) is 12.1 Å². The van der Waals surface area contributed by atoms with E-state index in [4.69, 9.17) is 25.8 Å². The summed E-state index contributed by atoms with van der Waals surface area (Å²) < 4.78 is 15.6. The fourth-order valence-corrected chi connectivity index (χ4v) is 3.41. The van der Waals surface area contributed by atoms with E-state index in [1.54, 1.807) is 19.1 Å². The number of ether oxygens (including phenoxy) is 3. The molecule has 0 radical (unpaired) electrons. The average molecular weight is 427 g/mol. The first-order valence-electron chi connectivity index (χ1n) is 9.42. The van der Waals surface area contributed by atoms with Gasteiger partial charge in [-0.25, -0.2) is 4.79 Å². The molecule has 0 unspecified atom stereocenters. The maximum absolute atomic E-state index is 12.7. The second-order valence-electron chi connectivity index (χ2n) is 7.05. The zero-order valence-corrected chi connectivity index (χ0v) is 18.0. The van der Waals surface area contributed by atoms with Crippen molar-refractivity contribution in [2.75, 3.05) is 32.3 Å². The third-order valence-corrected chi connectivity index (χ3v) is 5.04. The first-order valence-corrected chi connectivity index (χ1v) is 9.80. The van der Waals surface area contributed by atoms with E-state index in [0.717, 1.165) is 0 Å². The number of amides is 2. The summed E-state index contributed by atoms with van der Waals surface area (Å²) in [6.45, 7) is 5.72. The van der Waals surface area contributed by atoms with Crippen LogP contribution in [-0.4, -0.2) is 51.2 Å². The van der Waals surface area contributed by atoms with Gasteiger partial charge < -0.3 is 24.4 Å². The Morgan fingerprint density at radius 1 is 1.24 bits per heavy atom. The van der Waals surface area contributed by atoms with Gasteiger partial charge in [0, 0.05) is 19.0 Å². The average Bonchev–Trinajstić information content (AvgIpc) is 3.07. The number of anilines is 1. The highest BCUT2D eigenvalue weighted by Crippen LogP contribution is 2.40. The number of hydrogen-bond donors (Lipinski definition) is 1. The number of halogens is 1. The van der Waals surface area contributed by atoms with Gasteiger partial charge in [0.2, 0.25) is 11.8 Å². The number of rotatable bonds is 8. The SMILES string of the molecule is CCOC(=O)[C@@H](NC(=O)[C@@H]1CC(=O)N(c2cc(Cl)c(OC)cc2OC)C1)C(C)C. The van der Waals surface area contributed by atoms with Crippen molar-refractivity contribution in [3.8, 4) is 11.5 Å². The zero-order valence-electron chi connectivity index (χ0n) is 17.3. The van der Waals surface area contributed by atoms with Crippen LogP contribution >= 0.6 is 11.6 Å².